The Balaban J connectivity index is 2.45. The van der Waals surface area contributed by atoms with Crippen molar-refractivity contribution < 1.29 is 14.7 Å². The van der Waals surface area contributed by atoms with Crippen LogP contribution in [0.25, 0.3) is 10.4 Å². The number of nitrogens with two attached hydrogens (primary N) is 1. The van der Waals surface area contributed by atoms with Gasteiger partial charge in [-0.15, -0.1) is 11.3 Å². The number of rotatable bonds is 3. The lowest BCUT2D eigenvalue weighted by Gasteiger charge is -1.98. The number of halogens is 1. The van der Waals surface area contributed by atoms with Gasteiger partial charge in [-0.05, 0) is 23.8 Å². The van der Waals surface area contributed by atoms with Gasteiger partial charge in [0.1, 0.15) is 4.88 Å². The van der Waals surface area contributed by atoms with E-state index in [0.717, 1.165) is 21.8 Å². The molecule has 0 bridgehead atoms. The number of hydrogen-bond acceptors (Lipinski definition) is 3. The Kier molecular flexibility index (Phi) is 3.73. The van der Waals surface area contributed by atoms with Crippen LogP contribution in [0, 0.1) is 0 Å². The first-order valence-electron chi connectivity index (χ1n) is 5.17. The minimum absolute atomic E-state index is 0.173. The summed E-state index contributed by atoms with van der Waals surface area (Å²) >= 11 is 6.92. The SMILES string of the molecule is NC(=O)c1sc(-c2ccc(Cl)cc2)cc1NC(=O)O. The summed E-state index contributed by atoms with van der Waals surface area (Å²) in [6, 6.07) is 8.56. The Morgan fingerprint density at radius 2 is 1.89 bits per heavy atom. The molecule has 0 aliphatic carbocycles. The fraction of sp³-hybridized carbons (Fsp3) is 0. The van der Waals surface area contributed by atoms with Crippen LogP contribution < -0.4 is 11.1 Å². The lowest BCUT2D eigenvalue weighted by Crippen LogP contribution is -2.14. The van der Waals surface area contributed by atoms with Gasteiger partial charge in [0.25, 0.3) is 5.91 Å². The smallest absolute Gasteiger partial charge is 0.409 e. The number of hydrogen-bond donors (Lipinski definition) is 3. The van der Waals surface area contributed by atoms with Crippen LogP contribution in [-0.2, 0) is 0 Å². The van der Waals surface area contributed by atoms with Gasteiger partial charge in [-0.1, -0.05) is 23.7 Å². The van der Waals surface area contributed by atoms with Gasteiger partial charge < -0.3 is 10.8 Å². The first-order valence-corrected chi connectivity index (χ1v) is 6.36. The third-order valence-corrected chi connectivity index (χ3v) is 3.78. The molecular formula is C12H9ClN2O3S. The van der Waals surface area contributed by atoms with Crippen LogP contribution in [-0.4, -0.2) is 17.1 Å². The first-order chi connectivity index (χ1) is 8.97. The van der Waals surface area contributed by atoms with Gasteiger partial charge in [0.15, 0.2) is 0 Å². The maximum Gasteiger partial charge on any atom is 0.409 e. The predicted molar refractivity (Wildman–Crippen MR) is 74.9 cm³/mol. The third-order valence-electron chi connectivity index (χ3n) is 2.33. The normalized spacial score (nSPS) is 10.2. The molecule has 19 heavy (non-hydrogen) atoms. The highest BCUT2D eigenvalue weighted by atomic mass is 35.5. The largest absolute Gasteiger partial charge is 0.465 e. The summed E-state index contributed by atoms with van der Waals surface area (Å²) in [6.07, 6.45) is -1.25. The maximum atomic E-state index is 11.3. The number of benzene rings is 1. The minimum atomic E-state index is -1.25. The van der Waals surface area contributed by atoms with E-state index in [4.69, 9.17) is 22.4 Å². The molecule has 0 radical (unpaired) electrons. The zero-order valence-electron chi connectivity index (χ0n) is 9.51. The van der Waals surface area contributed by atoms with Crippen LogP contribution in [0.15, 0.2) is 30.3 Å². The van der Waals surface area contributed by atoms with E-state index < -0.39 is 12.0 Å². The van der Waals surface area contributed by atoms with Crippen LogP contribution in [0.3, 0.4) is 0 Å². The van der Waals surface area contributed by atoms with E-state index in [1.807, 2.05) is 0 Å². The molecule has 0 aliphatic heterocycles. The van der Waals surface area contributed by atoms with Gasteiger partial charge in [0, 0.05) is 9.90 Å². The summed E-state index contributed by atoms with van der Waals surface area (Å²) in [5.74, 6) is -0.672. The van der Waals surface area contributed by atoms with Crippen molar-refractivity contribution in [2.45, 2.75) is 0 Å². The lowest BCUT2D eigenvalue weighted by atomic mass is 10.2. The molecule has 0 saturated carbocycles. The molecular weight excluding hydrogens is 288 g/mol. The Labute approximate surface area is 117 Å². The van der Waals surface area contributed by atoms with Crippen molar-refractivity contribution >= 4 is 40.6 Å². The summed E-state index contributed by atoms with van der Waals surface area (Å²) in [5, 5.41) is 11.5. The van der Waals surface area contributed by atoms with E-state index in [-0.39, 0.29) is 10.6 Å². The summed E-state index contributed by atoms with van der Waals surface area (Å²) < 4.78 is 0. The number of primary amides is 1. The predicted octanol–water partition coefficient (Wildman–Crippen LogP) is 3.26. The van der Waals surface area contributed by atoms with Crippen LogP contribution in [0.5, 0.6) is 0 Å². The molecule has 0 fully saturated rings. The quantitative estimate of drug-likeness (QED) is 0.811. The first kappa shape index (κ1) is 13.4. The fourth-order valence-electron chi connectivity index (χ4n) is 1.54. The summed E-state index contributed by atoms with van der Waals surface area (Å²) in [5.41, 5.74) is 6.24. The maximum absolute atomic E-state index is 11.3. The second kappa shape index (κ2) is 5.29. The average Bonchev–Trinajstić information content (AvgIpc) is 2.73. The van der Waals surface area contributed by atoms with Crippen molar-refractivity contribution in [1.82, 2.24) is 0 Å². The lowest BCUT2D eigenvalue weighted by molar-refractivity contribution is 0.100. The summed E-state index contributed by atoms with van der Waals surface area (Å²) in [4.78, 5) is 22.8. The Morgan fingerprint density at radius 1 is 1.26 bits per heavy atom. The zero-order valence-corrected chi connectivity index (χ0v) is 11.1. The monoisotopic (exact) mass is 296 g/mol. The minimum Gasteiger partial charge on any atom is -0.465 e. The summed E-state index contributed by atoms with van der Waals surface area (Å²) in [7, 11) is 0. The van der Waals surface area contributed by atoms with Gasteiger partial charge in [-0.25, -0.2) is 4.79 Å². The number of carboxylic acid groups (broad SMARTS) is 1. The number of amides is 2. The third kappa shape index (κ3) is 3.04. The Bertz CT molecular complexity index is 637. The molecule has 98 valence electrons. The van der Waals surface area contributed by atoms with Crippen molar-refractivity contribution in [3.8, 4) is 10.4 Å². The van der Waals surface area contributed by atoms with E-state index in [9.17, 15) is 9.59 Å². The van der Waals surface area contributed by atoms with E-state index in [1.165, 1.54) is 0 Å². The Morgan fingerprint density at radius 3 is 2.42 bits per heavy atom. The van der Waals surface area contributed by atoms with Crippen molar-refractivity contribution in [2.75, 3.05) is 5.32 Å². The van der Waals surface area contributed by atoms with E-state index in [1.54, 1.807) is 30.3 Å². The van der Waals surface area contributed by atoms with Crippen LogP contribution in [0.1, 0.15) is 9.67 Å². The van der Waals surface area contributed by atoms with E-state index in [0.29, 0.717) is 5.02 Å². The molecule has 0 spiro atoms. The van der Waals surface area contributed by atoms with E-state index >= 15 is 0 Å². The van der Waals surface area contributed by atoms with Crippen LogP contribution in [0.2, 0.25) is 5.02 Å². The molecule has 0 unspecified atom stereocenters. The van der Waals surface area contributed by atoms with Gasteiger partial charge in [0.2, 0.25) is 0 Å². The number of carbonyl (C=O) groups is 2. The molecule has 0 saturated heterocycles. The highest BCUT2D eigenvalue weighted by Crippen LogP contribution is 2.35. The number of nitrogens with one attached hydrogen (secondary N) is 1. The Hall–Kier alpha value is -2.05. The molecule has 1 heterocycles. The average molecular weight is 297 g/mol. The summed E-state index contributed by atoms with van der Waals surface area (Å²) in [6.45, 7) is 0. The van der Waals surface area contributed by atoms with Gasteiger partial charge >= 0.3 is 6.09 Å². The number of carbonyl (C=O) groups excluding carboxylic acids is 1. The van der Waals surface area contributed by atoms with Crippen LogP contribution >= 0.6 is 22.9 Å². The standard InChI is InChI=1S/C12H9ClN2O3S/c13-7-3-1-6(2-4-7)9-5-8(15-12(17)18)10(19-9)11(14)16/h1-5,15H,(H2,14,16)(H,17,18). The molecule has 4 N–H and O–H groups in total. The van der Waals surface area contributed by atoms with E-state index in [2.05, 4.69) is 5.32 Å². The van der Waals surface area contributed by atoms with Crippen molar-refractivity contribution in [2.24, 2.45) is 5.73 Å². The highest BCUT2D eigenvalue weighted by Gasteiger charge is 2.16. The fourth-order valence-corrected chi connectivity index (χ4v) is 2.64. The topological polar surface area (TPSA) is 92.4 Å². The highest BCUT2D eigenvalue weighted by molar-refractivity contribution is 7.18. The van der Waals surface area contributed by atoms with Crippen molar-refractivity contribution in [3.63, 3.8) is 0 Å². The zero-order chi connectivity index (χ0) is 14.0. The van der Waals surface area contributed by atoms with Gasteiger partial charge in [-0.3, -0.25) is 10.1 Å². The molecule has 2 rings (SSSR count). The van der Waals surface area contributed by atoms with Crippen molar-refractivity contribution in [1.29, 1.82) is 0 Å². The molecule has 0 atom stereocenters. The molecule has 0 aliphatic rings. The van der Waals surface area contributed by atoms with Crippen molar-refractivity contribution in [3.05, 3.63) is 40.2 Å². The molecule has 7 heteroatoms. The number of anilines is 1. The molecule has 1 aromatic carbocycles. The molecule has 5 nitrogen and oxygen atoms in total. The molecule has 1 aromatic heterocycles. The second-order valence-corrected chi connectivity index (χ2v) is 5.14. The molecule has 2 amide bonds. The van der Waals surface area contributed by atoms with Gasteiger partial charge in [-0.2, -0.15) is 0 Å². The van der Waals surface area contributed by atoms with Gasteiger partial charge in [0.05, 0.1) is 5.69 Å². The van der Waals surface area contributed by atoms with Crippen LogP contribution in [0.4, 0.5) is 10.5 Å². The number of thiophene rings is 1. The molecule has 2 aromatic rings. The second-order valence-electron chi connectivity index (χ2n) is 3.65.